The van der Waals surface area contributed by atoms with Crippen LogP contribution in [0.2, 0.25) is 0 Å². The number of aliphatic imine (C=N–C) groups is 1. The SMILES string of the molecule is Cc1nnc(CN=C(NCCCN2CCC(C)CC2)NCCN2CCOCC2)n1C. The highest BCUT2D eigenvalue weighted by Crippen LogP contribution is 2.15. The van der Waals surface area contributed by atoms with E-state index in [1.165, 1.54) is 25.9 Å². The Kier molecular flexibility index (Phi) is 9.35. The number of hydrogen-bond donors (Lipinski definition) is 2. The van der Waals surface area contributed by atoms with Crippen LogP contribution in [-0.4, -0.2) is 96.1 Å². The molecular formula is C21H40N8O. The van der Waals surface area contributed by atoms with E-state index in [0.29, 0.717) is 6.54 Å². The monoisotopic (exact) mass is 420 g/mol. The average molecular weight is 421 g/mol. The van der Waals surface area contributed by atoms with Gasteiger partial charge in [0.15, 0.2) is 11.8 Å². The fourth-order valence-electron chi connectivity index (χ4n) is 3.87. The van der Waals surface area contributed by atoms with Crippen molar-refractivity contribution in [1.29, 1.82) is 0 Å². The summed E-state index contributed by atoms with van der Waals surface area (Å²) in [6.45, 7) is 15.0. The molecule has 1 aromatic heterocycles. The van der Waals surface area contributed by atoms with E-state index in [1.54, 1.807) is 0 Å². The quantitative estimate of drug-likeness (QED) is 0.344. The molecule has 9 heteroatoms. The molecule has 2 aliphatic rings. The first-order chi connectivity index (χ1) is 14.6. The molecule has 2 aliphatic heterocycles. The van der Waals surface area contributed by atoms with Crippen molar-refractivity contribution >= 4 is 5.96 Å². The molecule has 0 amide bonds. The average Bonchev–Trinajstić information content (AvgIpc) is 3.08. The molecule has 0 saturated carbocycles. The second-order valence-electron chi connectivity index (χ2n) is 8.57. The number of aromatic nitrogens is 3. The Morgan fingerprint density at radius 2 is 1.73 bits per heavy atom. The van der Waals surface area contributed by atoms with E-state index in [9.17, 15) is 0 Å². The van der Waals surface area contributed by atoms with Gasteiger partial charge in [-0.1, -0.05) is 6.92 Å². The van der Waals surface area contributed by atoms with Gasteiger partial charge in [0.25, 0.3) is 0 Å². The summed E-state index contributed by atoms with van der Waals surface area (Å²) in [7, 11) is 1.98. The number of nitrogens with zero attached hydrogens (tertiary/aromatic N) is 6. The molecule has 3 heterocycles. The van der Waals surface area contributed by atoms with E-state index in [0.717, 1.165) is 82.4 Å². The molecular weight excluding hydrogens is 380 g/mol. The number of morpholine rings is 1. The van der Waals surface area contributed by atoms with Crippen molar-refractivity contribution in [3.63, 3.8) is 0 Å². The van der Waals surface area contributed by atoms with Gasteiger partial charge in [-0.05, 0) is 51.7 Å². The maximum absolute atomic E-state index is 5.43. The Hall–Kier alpha value is -1.71. The van der Waals surface area contributed by atoms with Gasteiger partial charge < -0.3 is 24.8 Å². The van der Waals surface area contributed by atoms with Gasteiger partial charge in [-0.25, -0.2) is 4.99 Å². The smallest absolute Gasteiger partial charge is 0.191 e. The number of aryl methyl sites for hydroxylation is 1. The van der Waals surface area contributed by atoms with E-state index in [-0.39, 0.29) is 0 Å². The molecule has 30 heavy (non-hydrogen) atoms. The zero-order valence-corrected chi connectivity index (χ0v) is 19.1. The Bertz CT molecular complexity index is 647. The molecule has 2 fully saturated rings. The van der Waals surface area contributed by atoms with E-state index in [4.69, 9.17) is 9.73 Å². The number of piperidine rings is 1. The summed E-state index contributed by atoms with van der Waals surface area (Å²) < 4.78 is 7.42. The van der Waals surface area contributed by atoms with E-state index < -0.39 is 0 Å². The molecule has 2 saturated heterocycles. The van der Waals surface area contributed by atoms with Crippen molar-refractivity contribution in [3.05, 3.63) is 11.6 Å². The van der Waals surface area contributed by atoms with Gasteiger partial charge in [0.05, 0.1) is 13.2 Å². The van der Waals surface area contributed by atoms with Gasteiger partial charge in [-0.15, -0.1) is 10.2 Å². The second-order valence-corrected chi connectivity index (χ2v) is 8.57. The van der Waals surface area contributed by atoms with Gasteiger partial charge in [0, 0.05) is 39.8 Å². The highest BCUT2D eigenvalue weighted by atomic mass is 16.5. The van der Waals surface area contributed by atoms with Crippen molar-refractivity contribution in [2.45, 2.75) is 39.7 Å². The molecule has 3 rings (SSSR count). The van der Waals surface area contributed by atoms with Crippen LogP contribution >= 0.6 is 0 Å². The molecule has 2 N–H and O–H groups in total. The Morgan fingerprint density at radius 1 is 1.03 bits per heavy atom. The molecule has 9 nitrogen and oxygen atoms in total. The highest BCUT2D eigenvalue weighted by molar-refractivity contribution is 5.79. The lowest BCUT2D eigenvalue weighted by Gasteiger charge is -2.30. The van der Waals surface area contributed by atoms with Gasteiger partial charge >= 0.3 is 0 Å². The molecule has 0 unspecified atom stereocenters. The molecule has 0 atom stereocenters. The third-order valence-corrected chi connectivity index (χ3v) is 6.21. The summed E-state index contributed by atoms with van der Waals surface area (Å²) in [6, 6.07) is 0. The lowest BCUT2D eigenvalue weighted by Crippen LogP contribution is -2.45. The molecule has 0 spiro atoms. The van der Waals surface area contributed by atoms with Crippen LogP contribution in [-0.2, 0) is 18.3 Å². The maximum Gasteiger partial charge on any atom is 0.191 e. The second kappa shape index (κ2) is 12.2. The van der Waals surface area contributed by atoms with Crippen molar-refractivity contribution < 1.29 is 4.74 Å². The third-order valence-electron chi connectivity index (χ3n) is 6.21. The number of hydrogen-bond acceptors (Lipinski definition) is 6. The first-order valence-corrected chi connectivity index (χ1v) is 11.5. The van der Waals surface area contributed by atoms with Gasteiger partial charge in [-0.3, -0.25) is 4.90 Å². The Balaban J connectivity index is 1.44. The Labute approximate surface area is 181 Å². The maximum atomic E-state index is 5.43. The zero-order valence-electron chi connectivity index (χ0n) is 19.1. The number of ether oxygens (including phenoxy) is 1. The van der Waals surface area contributed by atoms with Crippen LogP contribution in [0.15, 0.2) is 4.99 Å². The van der Waals surface area contributed by atoms with Crippen LogP contribution in [0, 0.1) is 12.8 Å². The summed E-state index contributed by atoms with van der Waals surface area (Å²) >= 11 is 0. The predicted octanol–water partition coefficient (Wildman–Crippen LogP) is 0.613. The normalized spacial score (nSPS) is 19.9. The fourth-order valence-corrected chi connectivity index (χ4v) is 3.87. The van der Waals surface area contributed by atoms with Crippen molar-refractivity contribution in [2.75, 3.05) is 65.6 Å². The van der Waals surface area contributed by atoms with Gasteiger partial charge in [0.2, 0.25) is 0 Å². The molecule has 0 aliphatic carbocycles. The summed E-state index contributed by atoms with van der Waals surface area (Å²) in [4.78, 5) is 9.78. The lowest BCUT2D eigenvalue weighted by molar-refractivity contribution is 0.0389. The van der Waals surface area contributed by atoms with E-state index in [2.05, 4.69) is 37.6 Å². The van der Waals surface area contributed by atoms with Crippen LogP contribution in [0.4, 0.5) is 0 Å². The highest BCUT2D eigenvalue weighted by Gasteiger charge is 2.15. The van der Waals surface area contributed by atoms with Crippen LogP contribution in [0.3, 0.4) is 0 Å². The molecule has 0 bridgehead atoms. The molecule has 1 aromatic rings. The summed E-state index contributed by atoms with van der Waals surface area (Å²) in [5.41, 5.74) is 0. The van der Waals surface area contributed by atoms with Crippen molar-refractivity contribution in [1.82, 2.24) is 35.2 Å². The minimum Gasteiger partial charge on any atom is -0.379 e. The predicted molar refractivity (Wildman–Crippen MR) is 120 cm³/mol. The minimum atomic E-state index is 0.522. The Morgan fingerprint density at radius 3 is 2.43 bits per heavy atom. The summed E-state index contributed by atoms with van der Waals surface area (Å²) in [6.07, 6.45) is 3.79. The standard InChI is InChI=1S/C21H40N8O/c1-18-5-10-28(11-6-18)9-4-7-22-21(23-8-12-29-13-15-30-16-14-29)24-17-20-26-25-19(2)27(20)3/h18H,4-17H2,1-3H3,(H2,22,23,24). The van der Waals surface area contributed by atoms with Crippen LogP contribution in [0.5, 0.6) is 0 Å². The largest absolute Gasteiger partial charge is 0.379 e. The van der Waals surface area contributed by atoms with E-state index in [1.807, 2.05) is 18.5 Å². The third kappa shape index (κ3) is 7.52. The number of rotatable bonds is 9. The van der Waals surface area contributed by atoms with E-state index >= 15 is 0 Å². The number of likely N-dealkylation sites (tertiary alicyclic amines) is 1. The summed E-state index contributed by atoms with van der Waals surface area (Å²) in [5, 5.41) is 15.4. The topological polar surface area (TPSA) is 82.8 Å². The van der Waals surface area contributed by atoms with Crippen molar-refractivity contribution in [3.8, 4) is 0 Å². The number of nitrogens with one attached hydrogen (secondary N) is 2. The van der Waals surface area contributed by atoms with Crippen LogP contribution in [0.1, 0.15) is 37.8 Å². The molecule has 0 aromatic carbocycles. The van der Waals surface area contributed by atoms with Crippen molar-refractivity contribution in [2.24, 2.45) is 18.0 Å². The summed E-state index contributed by atoms with van der Waals surface area (Å²) in [5.74, 6) is 3.53. The van der Waals surface area contributed by atoms with Crippen LogP contribution in [0.25, 0.3) is 0 Å². The zero-order chi connectivity index (χ0) is 21.2. The molecule has 170 valence electrons. The lowest BCUT2D eigenvalue weighted by atomic mass is 9.99. The number of guanidine groups is 1. The van der Waals surface area contributed by atoms with Gasteiger partial charge in [0.1, 0.15) is 12.4 Å². The fraction of sp³-hybridized carbons (Fsp3) is 0.857. The first kappa shape index (κ1) is 23.0. The first-order valence-electron chi connectivity index (χ1n) is 11.5. The van der Waals surface area contributed by atoms with Crippen LogP contribution < -0.4 is 10.6 Å². The molecule has 0 radical (unpaired) electrons. The van der Waals surface area contributed by atoms with Gasteiger partial charge in [-0.2, -0.15) is 0 Å². The minimum absolute atomic E-state index is 0.522.